The van der Waals surface area contributed by atoms with E-state index in [-0.39, 0.29) is 12.4 Å². The van der Waals surface area contributed by atoms with Crippen molar-refractivity contribution in [1.82, 2.24) is 4.90 Å². The van der Waals surface area contributed by atoms with Crippen LogP contribution in [-0.4, -0.2) is 24.5 Å². The Hall–Kier alpha value is -1.60. The summed E-state index contributed by atoms with van der Waals surface area (Å²) in [7, 11) is 0. The van der Waals surface area contributed by atoms with Gasteiger partial charge in [0, 0.05) is 22.2 Å². The van der Waals surface area contributed by atoms with E-state index < -0.39 is 11.6 Å². The van der Waals surface area contributed by atoms with E-state index in [0.29, 0.717) is 16.1 Å². The van der Waals surface area contributed by atoms with Crippen molar-refractivity contribution in [3.8, 4) is 23.0 Å². The molecule has 0 radical (unpaired) electrons. The molecule has 5 heteroatoms. The predicted octanol–water partition coefficient (Wildman–Crippen LogP) is 6.32. The topological polar surface area (TPSA) is 3.24 Å². The van der Waals surface area contributed by atoms with Crippen LogP contribution in [0.3, 0.4) is 0 Å². The van der Waals surface area contributed by atoms with Gasteiger partial charge in [0.15, 0.2) is 0 Å². The van der Waals surface area contributed by atoms with Crippen molar-refractivity contribution in [2.75, 3.05) is 19.6 Å². The third kappa shape index (κ3) is 6.50. The summed E-state index contributed by atoms with van der Waals surface area (Å²) >= 11 is 6.31. The van der Waals surface area contributed by atoms with E-state index in [9.17, 15) is 8.78 Å². The van der Waals surface area contributed by atoms with E-state index in [4.69, 9.17) is 11.6 Å². The van der Waals surface area contributed by atoms with Crippen molar-refractivity contribution < 1.29 is 8.78 Å². The summed E-state index contributed by atoms with van der Waals surface area (Å²) < 4.78 is 26.8. The van der Waals surface area contributed by atoms with Crippen LogP contribution in [0.15, 0.2) is 36.4 Å². The fraction of sp³-hybridized carbons (Fsp3) is 0.364. The minimum atomic E-state index is -0.617. The first-order chi connectivity index (χ1) is 12.6. The van der Waals surface area contributed by atoms with Gasteiger partial charge in [0.05, 0.1) is 6.54 Å². The molecule has 144 valence electrons. The molecular formula is C22H23Cl2F2N. The van der Waals surface area contributed by atoms with E-state index in [2.05, 4.69) is 16.7 Å². The standard InChI is InChI=1S/C22H22ClF2N.ClH/c23-22-13-17(7-6-12-26-10-4-2-1-3-5-11-26)8-9-21(22)18-14-19(24)16-20(25)15-18;/h8-9,13-16H,1-5,10-12H2;1H. The highest BCUT2D eigenvalue weighted by molar-refractivity contribution is 6.33. The monoisotopic (exact) mass is 409 g/mol. The van der Waals surface area contributed by atoms with Gasteiger partial charge in [-0.2, -0.15) is 0 Å². The number of hydrogen-bond acceptors (Lipinski definition) is 1. The lowest BCUT2D eigenvalue weighted by Crippen LogP contribution is -2.27. The summed E-state index contributed by atoms with van der Waals surface area (Å²) in [6.07, 6.45) is 6.45. The van der Waals surface area contributed by atoms with Gasteiger partial charge in [0.2, 0.25) is 0 Å². The van der Waals surface area contributed by atoms with Gasteiger partial charge in [-0.05, 0) is 55.8 Å². The molecule has 1 nitrogen and oxygen atoms in total. The summed E-state index contributed by atoms with van der Waals surface area (Å²) in [5.74, 6) is 5.13. The Morgan fingerprint density at radius 1 is 0.889 bits per heavy atom. The van der Waals surface area contributed by atoms with E-state index in [1.54, 1.807) is 12.1 Å². The lowest BCUT2D eigenvalue weighted by Gasteiger charge is -2.21. The van der Waals surface area contributed by atoms with E-state index in [0.717, 1.165) is 31.3 Å². The number of hydrogen-bond donors (Lipinski definition) is 0. The average molecular weight is 410 g/mol. The van der Waals surface area contributed by atoms with E-state index >= 15 is 0 Å². The van der Waals surface area contributed by atoms with Crippen molar-refractivity contribution in [3.63, 3.8) is 0 Å². The third-order valence-electron chi connectivity index (χ3n) is 4.63. The highest BCUT2D eigenvalue weighted by Crippen LogP contribution is 2.29. The molecule has 0 bridgehead atoms. The van der Waals surface area contributed by atoms with Gasteiger partial charge in [0.25, 0.3) is 0 Å². The van der Waals surface area contributed by atoms with Crippen LogP contribution in [0.1, 0.15) is 37.7 Å². The van der Waals surface area contributed by atoms with Crippen molar-refractivity contribution in [1.29, 1.82) is 0 Å². The van der Waals surface area contributed by atoms with Crippen LogP contribution in [0, 0.1) is 23.5 Å². The van der Waals surface area contributed by atoms with Crippen LogP contribution < -0.4 is 0 Å². The molecule has 0 aliphatic carbocycles. The highest BCUT2D eigenvalue weighted by Gasteiger charge is 2.08. The fourth-order valence-corrected chi connectivity index (χ4v) is 3.55. The number of halogens is 4. The largest absolute Gasteiger partial charge is 0.292 e. The quantitative estimate of drug-likeness (QED) is 0.524. The second kappa shape index (κ2) is 10.7. The zero-order valence-electron chi connectivity index (χ0n) is 15.1. The second-order valence-electron chi connectivity index (χ2n) is 6.70. The maximum atomic E-state index is 13.4. The smallest absolute Gasteiger partial charge is 0.126 e. The molecule has 2 aromatic rings. The van der Waals surface area contributed by atoms with Gasteiger partial charge < -0.3 is 0 Å². The Morgan fingerprint density at radius 3 is 2.15 bits per heavy atom. The van der Waals surface area contributed by atoms with Crippen LogP contribution in [-0.2, 0) is 0 Å². The molecule has 3 rings (SSSR count). The first-order valence-electron chi connectivity index (χ1n) is 9.09. The van der Waals surface area contributed by atoms with Gasteiger partial charge in [-0.3, -0.25) is 4.90 Å². The molecule has 27 heavy (non-hydrogen) atoms. The highest BCUT2D eigenvalue weighted by atomic mass is 35.5. The van der Waals surface area contributed by atoms with Crippen LogP contribution >= 0.6 is 24.0 Å². The van der Waals surface area contributed by atoms with Gasteiger partial charge in [-0.1, -0.05) is 48.8 Å². The number of likely N-dealkylation sites (tertiary alicyclic amines) is 1. The minimum Gasteiger partial charge on any atom is -0.292 e. The van der Waals surface area contributed by atoms with E-state index in [1.165, 1.54) is 44.2 Å². The number of benzene rings is 2. The van der Waals surface area contributed by atoms with Crippen molar-refractivity contribution in [2.24, 2.45) is 0 Å². The summed E-state index contributed by atoms with van der Waals surface area (Å²) in [6, 6.07) is 8.75. The second-order valence-corrected chi connectivity index (χ2v) is 7.11. The van der Waals surface area contributed by atoms with Crippen LogP contribution in [0.5, 0.6) is 0 Å². The first kappa shape index (κ1) is 21.7. The normalized spacial score (nSPS) is 15.1. The molecule has 2 aromatic carbocycles. The predicted molar refractivity (Wildman–Crippen MR) is 110 cm³/mol. The molecule has 0 spiro atoms. The van der Waals surface area contributed by atoms with Crippen molar-refractivity contribution in [2.45, 2.75) is 32.1 Å². The van der Waals surface area contributed by atoms with Gasteiger partial charge >= 0.3 is 0 Å². The summed E-state index contributed by atoms with van der Waals surface area (Å²) in [4.78, 5) is 2.40. The Labute approximate surface area is 171 Å². The van der Waals surface area contributed by atoms with Crippen LogP contribution in [0.2, 0.25) is 5.02 Å². The zero-order chi connectivity index (χ0) is 18.4. The molecular weight excluding hydrogens is 387 g/mol. The molecule has 0 aromatic heterocycles. The lowest BCUT2D eigenvalue weighted by molar-refractivity contribution is 0.275. The molecule has 1 aliphatic rings. The Bertz CT molecular complexity index is 799. The van der Waals surface area contributed by atoms with Gasteiger partial charge in [-0.25, -0.2) is 8.78 Å². The molecule has 1 fully saturated rings. The molecule has 0 atom stereocenters. The van der Waals surface area contributed by atoms with E-state index in [1.807, 2.05) is 6.07 Å². The van der Waals surface area contributed by atoms with Crippen molar-refractivity contribution >= 4 is 24.0 Å². The molecule has 1 saturated heterocycles. The maximum Gasteiger partial charge on any atom is 0.126 e. The molecule has 0 N–H and O–H groups in total. The first-order valence-corrected chi connectivity index (χ1v) is 9.47. The molecule has 0 unspecified atom stereocenters. The van der Waals surface area contributed by atoms with Gasteiger partial charge in [-0.15, -0.1) is 12.4 Å². The summed E-state index contributed by atoms with van der Waals surface area (Å²) in [5, 5.41) is 0.438. The third-order valence-corrected chi connectivity index (χ3v) is 4.94. The fourth-order valence-electron chi connectivity index (χ4n) is 3.26. The Balaban J connectivity index is 0.00000261. The van der Waals surface area contributed by atoms with Crippen LogP contribution in [0.25, 0.3) is 11.1 Å². The minimum absolute atomic E-state index is 0. The Kier molecular flexibility index (Phi) is 8.57. The molecule has 0 amide bonds. The summed E-state index contributed by atoms with van der Waals surface area (Å²) in [6.45, 7) is 2.98. The Morgan fingerprint density at radius 2 is 1.52 bits per heavy atom. The molecule has 0 saturated carbocycles. The molecule has 1 heterocycles. The number of nitrogens with zero attached hydrogens (tertiary/aromatic N) is 1. The lowest BCUT2D eigenvalue weighted by atomic mass is 10.0. The molecule has 1 aliphatic heterocycles. The number of rotatable bonds is 2. The van der Waals surface area contributed by atoms with Gasteiger partial charge in [0.1, 0.15) is 11.6 Å². The SMILES string of the molecule is Cl.Fc1cc(F)cc(-c2ccc(C#CCN3CCCCCCC3)cc2Cl)c1. The summed E-state index contributed by atoms with van der Waals surface area (Å²) in [5.41, 5.74) is 1.83. The zero-order valence-corrected chi connectivity index (χ0v) is 16.7. The average Bonchev–Trinajstić information content (AvgIpc) is 2.56. The maximum absolute atomic E-state index is 13.4. The van der Waals surface area contributed by atoms with Crippen molar-refractivity contribution in [3.05, 3.63) is 58.6 Å². The van der Waals surface area contributed by atoms with Crippen LogP contribution in [0.4, 0.5) is 8.78 Å².